The summed E-state index contributed by atoms with van der Waals surface area (Å²) in [6.07, 6.45) is 1.49. The van der Waals surface area contributed by atoms with Gasteiger partial charge in [-0.1, -0.05) is 47.5 Å². The van der Waals surface area contributed by atoms with Gasteiger partial charge in [0.2, 0.25) is 0 Å². The number of aromatic nitrogens is 2. The van der Waals surface area contributed by atoms with E-state index in [2.05, 4.69) is 20.5 Å². The van der Waals surface area contributed by atoms with Crippen LogP contribution in [-0.4, -0.2) is 22.3 Å². The zero-order valence-corrected chi connectivity index (χ0v) is 16.8. The van der Waals surface area contributed by atoms with Gasteiger partial charge >= 0.3 is 0 Å². The summed E-state index contributed by atoms with van der Waals surface area (Å²) in [5.41, 5.74) is 8.49. The Balaban J connectivity index is 1.57. The van der Waals surface area contributed by atoms with Crippen molar-refractivity contribution in [3.05, 3.63) is 82.6 Å². The molecule has 0 aliphatic rings. The van der Waals surface area contributed by atoms with Crippen LogP contribution in [0.15, 0.2) is 70.1 Å². The van der Waals surface area contributed by atoms with Gasteiger partial charge < -0.3 is 15.5 Å². The van der Waals surface area contributed by atoms with E-state index in [1.807, 2.05) is 37.3 Å². The first-order valence-corrected chi connectivity index (χ1v) is 9.49. The fraction of sp³-hybridized carbons (Fsp3) is 0.0455. The fourth-order valence-electron chi connectivity index (χ4n) is 2.88. The molecule has 0 atom stereocenters. The number of carbonyl (C=O) groups excluding carboxylic acids is 1. The van der Waals surface area contributed by atoms with Crippen LogP contribution in [-0.2, 0) is 0 Å². The number of aliphatic imine (C=N–C) groups is 1. The van der Waals surface area contributed by atoms with Gasteiger partial charge in [0.25, 0.3) is 5.91 Å². The summed E-state index contributed by atoms with van der Waals surface area (Å²) in [5, 5.41) is 10.4. The standard InChI is InChI=1S/C22H18ClN5O2/c1-13-5-7-14(8-6-13)18-10-9-17(30-18)12-25-21-19(20(24)29)22(28-27-21)26-16-4-2-3-15(23)11-16/h2-12H,1H3,(H2,24,29)(H2,26,27,28). The summed E-state index contributed by atoms with van der Waals surface area (Å²) in [6, 6.07) is 18.7. The largest absolute Gasteiger partial charge is 0.455 e. The molecule has 0 spiro atoms. The number of rotatable bonds is 6. The van der Waals surface area contributed by atoms with Crippen molar-refractivity contribution in [3.63, 3.8) is 0 Å². The van der Waals surface area contributed by atoms with E-state index in [0.717, 1.165) is 11.3 Å². The molecule has 4 N–H and O–H groups in total. The second-order valence-electron chi connectivity index (χ2n) is 6.62. The minimum absolute atomic E-state index is 0.136. The zero-order valence-electron chi connectivity index (χ0n) is 16.0. The number of halogens is 1. The lowest BCUT2D eigenvalue weighted by molar-refractivity contribution is 0.100. The molecule has 1 amide bonds. The molecule has 0 aliphatic carbocycles. The number of aryl methyl sites for hydroxylation is 1. The van der Waals surface area contributed by atoms with Gasteiger partial charge in [0.05, 0.1) is 6.21 Å². The first-order chi connectivity index (χ1) is 14.5. The Bertz CT molecular complexity index is 1220. The zero-order chi connectivity index (χ0) is 21.1. The first-order valence-electron chi connectivity index (χ1n) is 9.11. The van der Waals surface area contributed by atoms with Crippen LogP contribution >= 0.6 is 11.6 Å². The second-order valence-corrected chi connectivity index (χ2v) is 7.06. The molecule has 7 nitrogen and oxygen atoms in total. The average molecular weight is 420 g/mol. The van der Waals surface area contributed by atoms with E-state index in [0.29, 0.717) is 22.3 Å². The van der Waals surface area contributed by atoms with Crippen molar-refractivity contribution in [2.45, 2.75) is 6.92 Å². The fourth-order valence-corrected chi connectivity index (χ4v) is 3.07. The number of anilines is 2. The minimum Gasteiger partial charge on any atom is -0.455 e. The number of aromatic amines is 1. The Morgan fingerprint density at radius 3 is 2.73 bits per heavy atom. The Kier molecular flexibility index (Phi) is 5.36. The summed E-state index contributed by atoms with van der Waals surface area (Å²) in [5.74, 6) is 1.06. The van der Waals surface area contributed by atoms with Crippen molar-refractivity contribution in [2.75, 3.05) is 5.32 Å². The number of nitrogens with one attached hydrogen (secondary N) is 2. The van der Waals surface area contributed by atoms with E-state index in [9.17, 15) is 4.79 Å². The number of nitrogens with two attached hydrogens (primary N) is 1. The van der Waals surface area contributed by atoms with Gasteiger partial charge in [0.15, 0.2) is 5.82 Å². The molecule has 4 aromatic rings. The van der Waals surface area contributed by atoms with Crippen LogP contribution in [0.3, 0.4) is 0 Å². The summed E-state index contributed by atoms with van der Waals surface area (Å²) >= 11 is 6.00. The van der Waals surface area contributed by atoms with Crippen molar-refractivity contribution in [2.24, 2.45) is 10.7 Å². The van der Waals surface area contributed by atoms with E-state index in [1.54, 1.807) is 30.3 Å². The van der Waals surface area contributed by atoms with Crippen molar-refractivity contribution in [1.82, 2.24) is 10.2 Å². The number of H-pyrrole nitrogens is 1. The van der Waals surface area contributed by atoms with E-state index in [-0.39, 0.29) is 11.4 Å². The first kappa shape index (κ1) is 19.5. The molecule has 4 rings (SSSR count). The highest BCUT2D eigenvalue weighted by Crippen LogP contribution is 2.28. The topological polar surface area (TPSA) is 109 Å². The predicted molar refractivity (Wildman–Crippen MR) is 118 cm³/mol. The lowest BCUT2D eigenvalue weighted by Gasteiger charge is -2.05. The Morgan fingerprint density at radius 1 is 1.20 bits per heavy atom. The number of furan rings is 1. The maximum Gasteiger partial charge on any atom is 0.256 e. The Labute approximate surface area is 177 Å². The van der Waals surface area contributed by atoms with E-state index < -0.39 is 5.91 Å². The van der Waals surface area contributed by atoms with E-state index in [4.69, 9.17) is 21.8 Å². The number of primary amides is 1. The van der Waals surface area contributed by atoms with Crippen LogP contribution in [0.25, 0.3) is 11.3 Å². The lowest BCUT2D eigenvalue weighted by Crippen LogP contribution is -2.12. The smallest absolute Gasteiger partial charge is 0.256 e. The highest BCUT2D eigenvalue weighted by atomic mass is 35.5. The molecule has 0 unspecified atom stereocenters. The molecule has 2 aromatic carbocycles. The molecule has 2 heterocycles. The number of benzene rings is 2. The molecule has 8 heteroatoms. The number of hydrogen-bond donors (Lipinski definition) is 3. The maximum atomic E-state index is 12.0. The number of nitrogens with zero attached hydrogens (tertiary/aromatic N) is 2. The van der Waals surface area contributed by atoms with Gasteiger partial charge in [-0.15, -0.1) is 0 Å². The van der Waals surface area contributed by atoms with E-state index in [1.165, 1.54) is 11.8 Å². The monoisotopic (exact) mass is 419 g/mol. The lowest BCUT2D eigenvalue weighted by atomic mass is 10.1. The highest BCUT2D eigenvalue weighted by Gasteiger charge is 2.18. The number of amides is 1. The van der Waals surface area contributed by atoms with Crippen molar-refractivity contribution in [3.8, 4) is 11.3 Å². The van der Waals surface area contributed by atoms with Gasteiger partial charge in [-0.2, -0.15) is 5.10 Å². The van der Waals surface area contributed by atoms with Gasteiger partial charge in [-0.05, 0) is 37.3 Å². The Hall–Kier alpha value is -3.84. The van der Waals surface area contributed by atoms with Crippen LogP contribution in [0.5, 0.6) is 0 Å². The van der Waals surface area contributed by atoms with Gasteiger partial charge in [-0.25, -0.2) is 4.99 Å². The molecular formula is C22H18ClN5O2. The molecule has 0 saturated carbocycles. The SMILES string of the molecule is Cc1ccc(-c2ccc(C=Nc3n[nH]c(Nc4cccc(Cl)c4)c3C(N)=O)o2)cc1. The van der Waals surface area contributed by atoms with Gasteiger partial charge in [-0.3, -0.25) is 9.89 Å². The van der Waals surface area contributed by atoms with Crippen LogP contribution in [0.2, 0.25) is 5.02 Å². The molecule has 0 fully saturated rings. The molecule has 0 radical (unpaired) electrons. The molecule has 30 heavy (non-hydrogen) atoms. The third-order valence-corrected chi connectivity index (χ3v) is 4.60. The molecule has 0 saturated heterocycles. The van der Waals surface area contributed by atoms with Gasteiger partial charge in [0, 0.05) is 16.3 Å². The summed E-state index contributed by atoms with van der Waals surface area (Å²) < 4.78 is 5.81. The third-order valence-electron chi connectivity index (χ3n) is 4.36. The maximum absolute atomic E-state index is 12.0. The highest BCUT2D eigenvalue weighted by molar-refractivity contribution is 6.30. The molecule has 0 bridgehead atoms. The van der Waals surface area contributed by atoms with Crippen LogP contribution in [0, 0.1) is 6.92 Å². The summed E-state index contributed by atoms with van der Waals surface area (Å²) in [7, 11) is 0. The molecule has 150 valence electrons. The quantitative estimate of drug-likeness (QED) is 0.372. The Morgan fingerprint density at radius 2 is 2.00 bits per heavy atom. The van der Waals surface area contributed by atoms with Crippen molar-refractivity contribution < 1.29 is 9.21 Å². The summed E-state index contributed by atoms with van der Waals surface area (Å²) in [4.78, 5) is 16.3. The predicted octanol–water partition coefficient (Wildman–Crippen LogP) is 5.22. The normalized spacial score (nSPS) is 11.1. The second kappa shape index (κ2) is 8.26. The number of hydrogen-bond acceptors (Lipinski definition) is 5. The average Bonchev–Trinajstić information content (AvgIpc) is 3.34. The van der Waals surface area contributed by atoms with Crippen LogP contribution < -0.4 is 11.1 Å². The van der Waals surface area contributed by atoms with E-state index >= 15 is 0 Å². The van der Waals surface area contributed by atoms with Gasteiger partial charge in [0.1, 0.15) is 22.9 Å². The minimum atomic E-state index is -0.666. The summed E-state index contributed by atoms with van der Waals surface area (Å²) in [6.45, 7) is 2.03. The molecular weight excluding hydrogens is 402 g/mol. The van der Waals surface area contributed by atoms with Crippen molar-refractivity contribution in [1.29, 1.82) is 0 Å². The molecule has 2 aromatic heterocycles. The van der Waals surface area contributed by atoms with Crippen LogP contribution in [0.4, 0.5) is 17.3 Å². The third kappa shape index (κ3) is 4.26. The van der Waals surface area contributed by atoms with Crippen LogP contribution in [0.1, 0.15) is 21.7 Å². The number of carbonyl (C=O) groups is 1. The molecule has 0 aliphatic heterocycles. The van der Waals surface area contributed by atoms with Crippen molar-refractivity contribution >= 4 is 41.0 Å².